The van der Waals surface area contributed by atoms with Gasteiger partial charge in [-0.2, -0.15) is 0 Å². The van der Waals surface area contributed by atoms with E-state index >= 15 is 0 Å². The van der Waals surface area contributed by atoms with Crippen molar-refractivity contribution in [3.8, 4) is 39.3 Å². The molecule has 7 aromatic carbocycles. The Morgan fingerprint density at radius 2 is 1.00 bits per heavy atom. The van der Waals surface area contributed by atoms with E-state index in [2.05, 4.69) is 132 Å². The van der Waals surface area contributed by atoms with Crippen molar-refractivity contribution in [2.75, 3.05) is 0 Å². The van der Waals surface area contributed by atoms with Crippen LogP contribution < -0.4 is 0 Å². The minimum atomic E-state index is -0.368. The third-order valence-electron chi connectivity index (χ3n) is 9.20. The summed E-state index contributed by atoms with van der Waals surface area (Å²) in [6.45, 7) is 0. The number of para-hydroxylation sites is 3. The average Bonchev–Trinajstić information content (AvgIpc) is 3.62. The van der Waals surface area contributed by atoms with Crippen molar-refractivity contribution >= 4 is 22.7 Å². The predicted octanol–water partition coefficient (Wildman–Crippen LogP) is 11.3. The Bertz CT molecular complexity index is 2530. The van der Waals surface area contributed by atoms with E-state index in [1.807, 2.05) is 60.7 Å². The molecule has 5 nitrogen and oxygen atoms in total. The second-order valence-corrected chi connectivity index (χ2v) is 12.5. The monoisotopic (exact) mass is 654 g/mol. The molecule has 9 rings (SSSR count). The van der Waals surface area contributed by atoms with E-state index in [0.29, 0.717) is 11.7 Å². The van der Waals surface area contributed by atoms with Crippen LogP contribution in [0, 0.1) is 0 Å². The molecule has 1 aliphatic rings. The predicted molar refractivity (Wildman–Crippen MR) is 209 cm³/mol. The molecule has 8 aromatic rings. The molecule has 0 radical (unpaired) electrons. The van der Waals surface area contributed by atoms with Crippen molar-refractivity contribution in [1.29, 1.82) is 0 Å². The van der Waals surface area contributed by atoms with Gasteiger partial charge >= 0.3 is 0 Å². The summed E-state index contributed by atoms with van der Waals surface area (Å²) in [5.74, 6) is 2.28. The van der Waals surface area contributed by atoms with Crippen LogP contribution in [0.15, 0.2) is 198 Å². The van der Waals surface area contributed by atoms with E-state index in [-0.39, 0.29) is 6.17 Å². The molecule has 0 amide bonds. The lowest BCUT2D eigenvalue weighted by molar-refractivity contribution is 0.878. The van der Waals surface area contributed by atoms with Gasteiger partial charge in [0.2, 0.25) is 0 Å². The van der Waals surface area contributed by atoms with Crippen LogP contribution in [0.5, 0.6) is 0 Å². The van der Waals surface area contributed by atoms with Crippen LogP contribution in [-0.4, -0.2) is 21.2 Å². The normalized spacial score (nSPS) is 14.1. The largest absolute Gasteiger partial charge is 0.438 e. The molecule has 1 atom stereocenters. The van der Waals surface area contributed by atoms with Gasteiger partial charge in [-0.25, -0.2) is 4.98 Å². The Labute approximate surface area is 297 Å². The summed E-state index contributed by atoms with van der Waals surface area (Å²) in [7, 11) is 0. The van der Waals surface area contributed by atoms with Crippen LogP contribution >= 0.6 is 0 Å². The fourth-order valence-electron chi connectivity index (χ4n) is 6.64. The molecule has 0 fully saturated rings. The van der Waals surface area contributed by atoms with Crippen molar-refractivity contribution in [2.45, 2.75) is 6.17 Å². The Hall–Kier alpha value is -6.85. The van der Waals surface area contributed by atoms with E-state index in [9.17, 15) is 0 Å². The summed E-state index contributed by atoms with van der Waals surface area (Å²) < 4.78 is 2.23. The van der Waals surface area contributed by atoms with Crippen molar-refractivity contribution in [2.24, 2.45) is 9.98 Å². The summed E-state index contributed by atoms with van der Waals surface area (Å²) in [5, 5.41) is 5.03. The van der Waals surface area contributed by atoms with Gasteiger partial charge in [0, 0.05) is 11.3 Å². The van der Waals surface area contributed by atoms with Crippen LogP contribution in [-0.2, 0) is 0 Å². The molecule has 0 aliphatic carbocycles. The first kappa shape index (κ1) is 30.2. The number of rotatable bonds is 7. The van der Waals surface area contributed by atoms with Crippen molar-refractivity contribution in [3.63, 3.8) is 0 Å². The maximum Gasteiger partial charge on any atom is 0.145 e. The molecule has 0 saturated carbocycles. The summed E-state index contributed by atoms with van der Waals surface area (Å²) in [6.07, 6.45) is -0.368. The van der Waals surface area contributed by atoms with Gasteiger partial charge in [-0.3, -0.25) is 9.56 Å². The van der Waals surface area contributed by atoms with Gasteiger partial charge in [0.1, 0.15) is 5.82 Å². The quantitative estimate of drug-likeness (QED) is 0.169. The zero-order valence-corrected chi connectivity index (χ0v) is 27.7. The molecule has 0 spiro atoms. The number of aromatic nitrogens is 2. The number of fused-ring (bicyclic) bond motifs is 1. The SMILES string of the molecule is c1ccc(C2=NC(c3ccccc3)[N-]C(c3cccc(-c4cccc(-c5ccc(-c6nc7ccccc7n6-c6ccccc6)cc5)c4)c3)=N2)cc1. The van der Waals surface area contributed by atoms with Gasteiger partial charge in [0.05, 0.1) is 23.0 Å². The molecule has 5 heteroatoms. The summed E-state index contributed by atoms with van der Waals surface area (Å²) in [6, 6.07) is 64.9. The number of imidazole rings is 1. The molecule has 1 unspecified atom stereocenters. The Balaban J connectivity index is 1.03. The molecule has 0 saturated heterocycles. The molecule has 0 bridgehead atoms. The van der Waals surface area contributed by atoms with Crippen molar-refractivity contribution in [1.82, 2.24) is 9.55 Å². The average molecular weight is 655 g/mol. The highest BCUT2D eigenvalue weighted by atomic mass is 15.2. The van der Waals surface area contributed by atoms with Gasteiger partial charge in [-0.05, 0) is 75.3 Å². The molecule has 1 aliphatic heterocycles. The minimum Gasteiger partial charge on any atom is -0.438 e. The number of benzene rings is 7. The lowest BCUT2D eigenvalue weighted by atomic mass is 9.97. The van der Waals surface area contributed by atoms with Gasteiger partial charge < -0.3 is 10.3 Å². The third kappa shape index (κ3) is 6.02. The molecule has 2 heterocycles. The first-order valence-electron chi connectivity index (χ1n) is 17.1. The van der Waals surface area contributed by atoms with E-state index in [1.165, 1.54) is 0 Å². The second kappa shape index (κ2) is 13.2. The molecular formula is C46H32N5-. The number of hydrogen-bond acceptors (Lipinski definition) is 3. The van der Waals surface area contributed by atoms with Gasteiger partial charge in [0.25, 0.3) is 0 Å². The fourth-order valence-corrected chi connectivity index (χ4v) is 6.64. The van der Waals surface area contributed by atoms with E-state index in [1.54, 1.807) is 0 Å². The first-order valence-corrected chi connectivity index (χ1v) is 17.1. The smallest absolute Gasteiger partial charge is 0.145 e. The number of aliphatic imine (C=N–C) groups is 2. The summed E-state index contributed by atoms with van der Waals surface area (Å²) >= 11 is 0. The first-order chi connectivity index (χ1) is 25.3. The molecule has 0 N–H and O–H groups in total. The van der Waals surface area contributed by atoms with Crippen LogP contribution in [0.1, 0.15) is 22.9 Å². The highest BCUT2D eigenvalue weighted by molar-refractivity contribution is 6.19. The zero-order chi connectivity index (χ0) is 34.0. The number of nitrogens with zero attached hydrogens (tertiary/aromatic N) is 5. The maximum absolute atomic E-state index is 5.04. The molecule has 242 valence electrons. The number of amidine groups is 2. The lowest BCUT2D eigenvalue weighted by Crippen LogP contribution is -2.15. The van der Waals surface area contributed by atoms with E-state index < -0.39 is 0 Å². The lowest BCUT2D eigenvalue weighted by Gasteiger charge is -2.32. The van der Waals surface area contributed by atoms with Crippen LogP contribution in [0.3, 0.4) is 0 Å². The second-order valence-electron chi connectivity index (χ2n) is 12.5. The van der Waals surface area contributed by atoms with Crippen LogP contribution in [0.4, 0.5) is 0 Å². The Morgan fingerprint density at radius 3 is 1.73 bits per heavy atom. The van der Waals surface area contributed by atoms with Gasteiger partial charge in [-0.15, -0.1) is 0 Å². The van der Waals surface area contributed by atoms with Crippen molar-refractivity contribution < 1.29 is 0 Å². The van der Waals surface area contributed by atoms with Gasteiger partial charge in [0.15, 0.2) is 0 Å². The Kier molecular flexibility index (Phi) is 7.84. The summed E-state index contributed by atoms with van der Waals surface area (Å²) in [4.78, 5) is 14.9. The third-order valence-corrected chi connectivity index (χ3v) is 9.20. The molecule has 1 aromatic heterocycles. The van der Waals surface area contributed by atoms with Gasteiger partial charge in [-0.1, -0.05) is 157 Å². The highest BCUT2D eigenvalue weighted by Gasteiger charge is 2.16. The number of hydrogen-bond donors (Lipinski definition) is 0. The van der Waals surface area contributed by atoms with Crippen LogP contribution in [0.25, 0.3) is 55.7 Å². The highest BCUT2D eigenvalue weighted by Crippen LogP contribution is 2.34. The maximum atomic E-state index is 5.04. The molecular weight excluding hydrogens is 623 g/mol. The van der Waals surface area contributed by atoms with E-state index in [4.69, 9.17) is 20.3 Å². The minimum absolute atomic E-state index is 0.368. The van der Waals surface area contributed by atoms with E-state index in [0.717, 1.165) is 67.1 Å². The zero-order valence-electron chi connectivity index (χ0n) is 27.7. The topological polar surface area (TPSA) is 56.6 Å². The fraction of sp³-hybridized carbons (Fsp3) is 0.0217. The van der Waals surface area contributed by atoms with Crippen LogP contribution in [0.2, 0.25) is 0 Å². The standard InChI is InChI=1S/C46H32N5/c1-4-14-33(15-5-1)43-48-44(34-16-6-2-7-17-34)50-45(49-43)39-21-13-20-38(31-39)37-19-12-18-36(30-37)32-26-28-35(29-27-32)46-47-41-24-10-11-25-42(41)51(46)40-22-8-3-9-23-40/h1-31,43H/q-1. The molecule has 51 heavy (non-hydrogen) atoms. The Morgan fingerprint density at radius 1 is 0.451 bits per heavy atom. The van der Waals surface area contributed by atoms with Crippen molar-refractivity contribution in [3.05, 3.63) is 210 Å². The summed E-state index contributed by atoms with van der Waals surface area (Å²) in [5.41, 5.74) is 11.7.